The van der Waals surface area contributed by atoms with Crippen LogP contribution in [0.1, 0.15) is 13.3 Å². The first-order valence-electron chi connectivity index (χ1n) is 6.80. The van der Waals surface area contributed by atoms with E-state index < -0.39 is 0 Å². The summed E-state index contributed by atoms with van der Waals surface area (Å²) in [5, 5.41) is 0.476. The molecule has 0 N–H and O–H groups in total. The molecule has 1 aliphatic heterocycles. The Labute approximate surface area is 116 Å². The summed E-state index contributed by atoms with van der Waals surface area (Å²) in [5.41, 5.74) is 0.416. The number of aromatic nitrogens is 2. The molecule has 3 rings (SSSR count). The van der Waals surface area contributed by atoms with E-state index in [1.165, 1.54) is 24.5 Å². The Bertz CT molecular complexity index is 712. The summed E-state index contributed by atoms with van der Waals surface area (Å²) in [7, 11) is 2.09. The summed E-state index contributed by atoms with van der Waals surface area (Å²) in [4.78, 5) is 18.9. The van der Waals surface area contributed by atoms with Crippen LogP contribution in [0.15, 0.2) is 29.3 Å². The lowest BCUT2D eigenvalue weighted by Crippen LogP contribution is -2.32. The van der Waals surface area contributed by atoms with Gasteiger partial charge in [-0.3, -0.25) is 9.36 Å². The molecule has 1 atom stereocenters. The third-order valence-electron chi connectivity index (χ3n) is 4.09. The van der Waals surface area contributed by atoms with Crippen LogP contribution in [-0.4, -0.2) is 34.6 Å². The zero-order valence-corrected chi connectivity index (χ0v) is 11.8. The van der Waals surface area contributed by atoms with E-state index in [1.54, 1.807) is 4.57 Å². The minimum atomic E-state index is -0.369. The van der Waals surface area contributed by atoms with Crippen LogP contribution in [0, 0.1) is 11.2 Å². The molecule has 0 radical (unpaired) electrons. The van der Waals surface area contributed by atoms with Gasteiger partial charge in [0.2, 0.25) is 0 Å². The molecular weight excluding hydrogens is 257 g/mol. The van der Waals surface area contributed by atoms with Gasteiger partial charge in [-0.2, -0.15) is 0 Å². The van der Waals surface area contributed by atoms with Gasteiger partial charge in [-0.25, -0.2) is 9.37 Å². The van der Waals surface area contributed by atoms with E-state index in [0.29, 0.717) is 17.4 Å². The van der Waals surface area contributed by atoms with Gasteiger partial charge < -0.3 is 4.90 Å². The minimum absolute atomic E-state index is 0.0912. The van der Waals surface area contributed by atoms with Crippen molar-refractivity contribution in [3.63, 3.8) is 0 Å². The largest absolute Gasteiger partial charge is 0.306 e. The van der Waals surface area contributed by atoms with Crippen molar-refractivity contribution in [2.75, 3.05) is 20.1 Å². The zero-order valence-electron chi connectivity index (χ0n) is 11.8. The fourth-order valence-corrected chi connectivity index (χ4v) is 3.05. The molecule has 1 aromatic carbocycles. The van der Waals surface area contributed by atoms with E-state index in [0.717, 1.165) is 19.5 Å². The Balaban J connectivity index is 1.99. The number of rotatable bonds is 2. The first-order valence-corrected chi connectivity index (χ1v) is 6.80. The van der Waals surface area contributed by atoms with Crippen molar-refractivity contribution in [1.82, 2.24) is 14.5 Å². The second-order valence-electron chi connectivity index (χ2n) is 6.14. The summed E-state index contributed by atoms with van der Waals surface area (Å²) >= 11 is 0. The summed E-state index contributed by atoms with van der Waals surface area (Å²) in [6, 6.07) is 4.12. The van der Waals surface area contributed by atoms with Crippen molar-refractivity contribution in [3.05, 3.63) is 40.7 Å². The number of halogens is 1. The fraction of sp³-hybridized carbons (Fsp3) is 0.467. The molecular formula is C15H18FN3O. The molecule has 1 aromatic heterocycles. The Morgan fingerprint density at radius 1 is 1.45 bits per heavy atom. The Morgan fingerprint density at radius 2 is 2.25 bits per heavy atom. The number of hydrogen-bond acceptors (Lipinski definition) is 3. The van der Waals surface area contributed by atoms with Crippen molar-refractivity contribution in [1.29, 1.82) is 0 Å². The molecule has 5 heteroatoms. The van der Waals surface area contributed by atoms with Crippen LogP contribution in [0.3, 0.4) is 0 Å². The molecule has 2 heterocycles. The second kappa shape index (κ2) is 4.66. The van der Waals surface area contributed by atoms with Gasteiger partial charge in [0.05, 0.1) is 17.2 Å². The molecule has 0 spiro atoms. The molecule has 20 heavy (non-hydrogen) atoms. The Morgan fingerprint density at radius 3 is 2.95 bits per heavy atom. The highest BCUT2D eigenvalue weighted by Gasteiger charge is 2.32. The number of benzene rings is 1. The standard InChI is InChI=1S/C15H18FN3O/c1-15(5-6-18(2)8-15)9-19-10-17-13-7-11(16)3-4-12(13)14(19)20/h3-4,7,10H,5-6,8-9H2,1-2H3. The minimum Gasteiger partial charge on any atom is -0.306 e. The molecule has 0 aliphatic carbocycles. The average molecular weight is 275 g/mol. The highest BCUT2D eigenvalue weighted by Crippen LogP contribution is 2.30. The Kier molecular flexibility index (Phi) is 3.09. The van der Waals surface area contributed by atoms with Crippen molar-refractivity contribution in [3.8, 4) is 0 Å². The van der Waals surface area contributed by atoms with Crippen LogP contribution in [0.5, 0.6) is 0 Å². The van der Waals surface area contributed by atoms with Gasteiger partial charge in [-0.05, 0) is 37.6 Å². The number of likely N-dealkylation sites (tertiary alicyclic amines) is 1. The van der Waals surface area contributed by atoms with Crippen LogP contribution in [-0.2, 0) is 6.54 Å². The molecule has 4 nitrogen and oxygen atoms in total. The predicted octanol–water partition coefficient (Wildman–Crippen LogP) is 1.88. The van der Waals surface area contributed by atoms with Crippen LogP contribution in [0.25, 0.3) is 10.9 Å². The smallest absolute Gasteiger partial charge is 0.261 e. The molecule has 0 bridgehead atoms. The highest BCUT2D eigenvalue weighted by molar-refractivity contribution is 5.77. The monoisotopic (exact) mass is 275 g/mol. The molecule has 1 aliphatic rings. The third-order valence-corrected chi connectivity index (χ3v) is 4.09. The number of fused-ring (bicyclic) bond motifs is 1. The van der Waals surface area contributed by atoms with E-state index in [4.69, 9.17) is 0 Å². The van der Waals surface area contributed by atoms with Gasteiger partial charge >= 0.3 is 0 Å². The third kappa shape index (κ3) is 2.33. The average Bonchev–Trinajstić information content (AvgIpc) is 2.73. The van der Waals surface area contributed by atoms with Crippen LogP contribution in [0.2, 0.25) is 0 Å². The van der Waals surface area contributed by atoms with E-state index in [9.17, 15) is 9.18 Å². The predicted molar refractivity (Wildman–Crippen MR) is 76.2 cm³/mol. The maximum absolute atomic E-state index is 13.1. The van der Waals surface area contributed by atoms with Crippen LogP contribution < -0.4 is 5.56 Å². The van der Waals surface area contributed by atoms with Crippen LogP contribution in [0.4, 0.5) is 4.39 Å². The number of nitrogens with zero attached hydrogens (tertiary/aromatic N) is 3. The zero-order chi connectivity index (χ0) is 14.3. The summed E-state index contributed by atoms with van der Waals surface area (Å²) in [6.45, 7) is 4.87. The first-order chi connectivity index (χ1) is 9.47. The second-order valence-corrected chi connectivity index (χ2v) is 6.14. The van der Waals surface area contributed by atoms with Gasteiger partial charge in [0.15, 0.2) is 0 Å². The molecule has 106 valence electrons. The number of hydrogen-bond donors (Lipinski definition) is 0. The van der Waals surface area contributed by atoms with Crippen molar-refractivity contribution in [2.45, 2.75) is 19.9 Å². The van der Waals surface area contributed by atoms with E-state index in [2.05, 4.69) is 23.9 Å². The Hall–Kier alpha value is -1.75. The summed E-state index contributed by atoms with van der Waals surface area (Å²) < 4.78 is 14.8. The molecule has 1 saturated heterocycles. The van der Waals surface area contributed by atoms with Crippen molar-refractivity contribution in [2.24, 2.45) is 5.41 Å². The lowest BCUT2D eigenvalue weighted by atomic mass is 9.90. The van der Waals surface area contributed by atoms with Gasteiger partial charge in [0.1, 0.15) is 5.82 Å². The fourth-order valence-electron chi connectivity index (χ4n) is 3.05. The lowest BCUT2D eigenvalue weighted by molar-refractivity contribution is 0.265. The van der Waals surface area contributed by atoms with Crippen molar-refractivity contribution >= 4 is 10.9 Å². The molecule has 0 amide bonds. The quantitative estimate of drug-likeness (QED) is 0.840. The van der Waals surface area contributed by atoms with Gasteiger partial charge in [-0.15, -0.1) is 0 Å². The SMILES string of the molecule is CN1CCC(C)(Cn2cnc3cc(F)ccc3c2=O)C1. The normalized spacial score (nSPS) is 23.6. The molecule has 2 aromatic rings. The van der Waals surface area contributed by atoms with Crippen molar-refractivity contribution < 1.29 is 4.39 Å². The topological polar surface area (TPSA) is 38.1 Å². The van der Waals surface area contributed by atoms with E-state index >= 15 is 0 Å². The van der Waals surface area contributed by atoms with E-state index in [1.807, 2.05) is 0 Å². The molecule has 1 fully saturated rings. The van der Waals surface area contributed by atoms with Crippen LogP contribution >= 0.6 is 0 Å². The maximum atomic E-state index is 13.1. The molecule has 1 unspecified atom stereocenters. The summed E-state index contributed by atoms with van der Waals surface area (Å²) in [5.74, 6) is -0.369. The molecule has 0 saturated carbocycles. The van der Waals surface area contributed by atoms with Gasteiger partial charge in [-0.1, -0.05) is 6.92 Å². The summed E-state index contributed by atoms with van der Waals surface area (Å²) in [6.07, 6.45) is 2.60. The highest BCUT2D eigenvalue weighted by atomic mass is 19.1. The van der Waals surface area contributed by atoms with E-state index in [-0.39, 0.29) is 16.8 Å². The van der Waals surface area contributed by atoms with Gasteiger partial charge in [0.25, 0.3) is 5.56 Å². The lowest BCUT2D eigenvalue weighted by Gasteiger charge is -2.24. The first kappa shape index (κ1) is 13.2. The maximum Gasteiger partial charge on any atom is 0.261 e. The van der Waals surface area contributed by atoms with Gasteiger partial charge in [0, 0.05) is 19.2 Å².